The van der Waals surface area contributed by atoms with E-state index in [0.29, 0.717) is 59.4 Å². The molecular formula is C21H23N5O3. The van der Waals surface area contributed by atoms with E-state index in [1.54, 1.807) is 25.0 Å². The van der Waals surface area contributed by atoms with E-state index in [1.165, 1.54) is 0 Å². The number of carbonyl (C=O) groups excluding carboxylic acids is 1. The van der Waals surface area contributed by atoms with Crippen molar-refractivity contribution in [3.8, 4) is 5.75 Å². The molecule has 150 valence electrons. The van der Waals surface area contributed by atoms with Gasteiger partial charge in [0.1, 0.15) is 23.5 Å². The highest BCUT2D eigenvalue weighted by Crippen LogP contribution is 2.28. The smallest absolute Gasteiger partial charge is 0.257 e. The molecule has 1 amide bonds. The van der Waals surface area contributed by atoms with Gasteiger partial charge in [0.15, 0.2) is 5.65 Å². The number of hydrogen-bond acceptors (Lipinski definition) is 7. The van der Waals surface area contributed by atoms with E-state index in [0.717, 1.165) is 5.56 Å². The number of anilines is 1. The molecule has 1 saturated heterocycles. The molecule has 4 rings (SSSR count). The SMILES string of the molecule is COc1c(C)cccc1C(=O)N1CCOC(c2ccc3c(N)nc(C)nc3n2)C1. The summed E-state index contributed by atoms with van der Waals surface area (Å²) in [6.45, 7) is 5.03. The second kappa shape index (κ2) is 7.63. The van der Waals surface area contributed by atoms with Gasteiger partial charge in [-0.05, 0) is 37.6 Å². The zero-order chi connectivity index (χ0) is 20.5. The monoisotopic (exact) mass is 393 g/mol. The first kappa shape index (κ1) is 19.1. The minimum Gasteiger partial charge on any atom is -0.496 e. The Morgan fingerprint density at radius 3 is 2.83 bits per heavy atom. The van der Waals surface area contributed by atoms with Gasteiger partial charge in [-0.25, -0.2) is 15.0 Å². The molecule has 2 aromatic heterocycles. The van der Waals surface area contributed by atoms with E-state index in [-0.39, 0.29) is 12.0 Å². The highest BCUT2D eigenvalue weighted by Gasteiger charge is 2.29. The number of aromatic nitrogens is 3. The van der Waals surface area contributed by atoms with Crippen molar-refractivity contribution in [1.82, 2.24) is 19.9 Å². The Hall–Kier alpha value is -3.26. The van der Waals surface area contributed by atoms with Crippen molar-refractivity contribution >= 4 is 22.8 Å². The average molecular weight is 393 g/mol. The lowest BCUT2D eigenvalue weighted by Gasteiger charge is -2.33. The number of methoxy groups -OCH3 is 1. The molecular weight excluding hydrogens is 370 g/mol. The molecule has 29 heavy (non-hydrogen) atoms. The fourth-order valence-corrected chi connectivity index (χ4v) is 3.62. The van der Waals surface area contributed by atoms with E-state index in [9.17, 15) is 4.79 Å². The van der Waals surface area contributed by atoms with Crippen LogP contribution in [0.15, 0.2) is 30.3 Å². The lowest BCUT2D eigenvalue weighted by molar-refractivity contribution is -0.0247. The maximum Gasteiger partial charge on any atom is 0.257 e. The van der Waals surface area contributed by atoms with Crippen LogP contribution in [0.25, 0.3) is 11.0 Å². The molecule has 1 aromatic carbocycles. The quantitative estimate of drug-likeness (QED) is 0.729. The van der Waals surface area contributed by atoms with Gasteiger partial charge in [-0.3, -0.25) is 4.79 Å². The van der Waals surface area contributed by atoms with E-state index in [2.05, 4.69) is 15.0 Å². The van der Waals surface area contributed by atoms with Crippen LogP contribution in [-0.4, -0.2) is 52.6 Å². The van der Waals surface area contributed by atoms with Crippen molar-refractivity contribution in [3.63, 3.8) is 0 Å². The Morgan fingerprint density at radius 2 is 2.03 bits per heavy atom. The van der Waals surface area contributed by atoms with Crippen molar-refractivity contribution in [3.05, 3.63) is 53.0 Å². The van der Waals surface area contributed by atoms with Crippen LogP contribution in [0.3, 0.4) is 0 Å². The summed E-state index contributed by atoms with van der Waals surface area (Å²) in [7, 11) is 1.58. The van der Waals surface area contributed by atoms with Crippen LogP contribution in [0, 0.1) is 13.8 Å². The van der Waals surface area contributed by atoms with Gasteiger partial charge in [0.05, 0.1) is 36.9 Å². The molecule has 0 saturated carbocycles. The van der Waals surface area contributed by atoms with Crippen molar-refractivity contribution in [2.45, 2.75) is 20.0 Å². The number of nitrogen functional groups attached to an aromatic ring is 1. The standard InChI is InChI=1S/C21H23N5O3/c1-12-5-4-6-14(18(12)28-3)21(27)26-9-10-29-17(11-26)16-8-7-15-19(22)23-13(2)24-20(15)25-16/h4-8,17H,9-11H2,1-3H3,(H2,22,23,24,25). The van der Waals surface area contributed by atoms with Gasteiger partial charge in [-0.2, -0.15) is 0 Å². The van der Waals surface area contributed by atoms with Gasteiger partial charge in [-0.15, -0.1) is 0 Å². The highest BCUT2D eigenvalue weighted by molar-refractivity contribution is 5.97. The molecule has 0 aliphatic carbocycles. The predicted molar refractivity (Wildman–Crippen MR) is 109 cm³/mol. The Morgan fingerprint density at radius 1 is 1.21 bits per heavy atom. The molecule has 1 atom stereocenters. The number of amides is 1. The Kier molecular flexibility index (Phi) is 5.02. The van der Waals surface area contributed by atoms with Crippen molar-refractivity contribution in [2.24, 2.45) is 0 Å². The Labute approximate surface area is 168 Å². The summed E-state index contributed by atoms with van der Waals surface area (Å²) in [5.74, 6) is 1.49. The number of para-hydroxylation sites is 1. The first-order valence-corrected chi connectivity index (χ1v) is 9.43. The third kappa shape index (κ3) is 3.58. The summed E-state index contributed by atoms with van der Waals surface area (Å²) in [6.07, 6.45) is -0.343. The molecule has 1 unspecified atom stereocenters. The van der Waals surface area contributed by atoms with E-state index >= 15 is 0 Å². The van der Waals surface area contributed by atoms with Crippen molar-refractivity contribution in [2.75, 3.05) is 32.5 Å². The molecule has 0 radical (unpaired) electrons. The summed E-state index contributed by atoms with van der Waals surface area (Å²) >= 11 is 0. The number of ether oxygens (including phenoxy) is 2. The molecule has 1 aliphatic rings. The highest BCUT2D eigenvalue weighted by atomic mass is 16.5. The summed E-state index contributed by atoms with van der Waals surface area (Å²) in [6, 6.07) is 9.27. The minimum atomic E-state index is -0.343. The number of rotatable bonds is 3. The average Bonchev–Trinajstić information content (AvgIpc) is 2.72. The minimum absolute atomic E-state index is 0.0814. The normalized spacial score (nSPS) is 16.8. The molecule has 3 heterocycles. The molecule has 2 N–H and O–H groups in total. The van der Waals surface area contributed by atoms with Gasteiger partial charge < -0.3 is 20.1 Å². The van der Waals surface area contributed by atoms with Crippen molar-refractivity contribution < 1.29 is 14.3 Å². The summed E-state index contributed by atoms with van der Waals surface area (Å²) in [4.78, 5) is 28.1. The van der Waals surface area contributed by atoms with Gasteiger partial charge >= 0.3 is 0 Å². The van der Waals surface area contributed by atoms with Crippen LogP contribution < -0.4 is 10.5 Å². The molecule has 0 spiro atoms. The van der Waals surface area contributed by atoms with Crippen molar-refractivity contribution in [1.29, 1.82) is 0 Å². The topological polar surface area (TPSA) is 103 Å². The number of pyridine rings is 1. The maximum absolute atomic E-state index is 13.1. The molecule has 3 aromatic rings. The third-order valence-electron chi connectivity index (χ3n) is 5.05. The number of carbonyl (C=O) groups is 1. The molecule has 0 bridgehead atoms. The van der Waals surface area contributed by atoms with Crippen LogP contribution in [0.1, 0.15) is 33.5 Å². The van der Waals surface area contributed by atoms with Gasteiger partial charge in [0.25, 0.3) is 5.91 Å². The lowest BCUT2D eigenvalue weighted by Crippen LogP contribution is -2.42. The first-order chi connectivity index (χ1) is 14.0. The summed E-state index contributed by atoms with van der Waals surface area (Å²) < 4.78 is 11.4. The Bertz CT molecular complexity index is 1090. The van der Waals surface area contributed by atoms with Gasteiger partial charge in [0.2, 0.25) is 0 Å². The number of nitrogens with two attached hydrogens (primary N) is 1. The Balaban J connectivity index is 1.61. The summed E-state index contributed by atoms with van der Waals surface area (Å²) in [5.41, 5.74) is 8.68. The second-order valence-electron chi connectivity index (χ2n) is 7.03. The lowest BCUT2D eigenvalue weighted by atomic mass is 10.1. The fourth-order valence-electron chi connectivity index (χ4n) is 3.62. The maximum atomic E-state index is 13.1. The number of fused-ring (bicyclic) bond motifs is 1. The van der Waals surface area contributed by atoms with Gasteiger partial charge in [-0.1, -0.05) is 12.1 Å². The largest absolute Gasteiger partial charge is 0.496 e. The zero-order valence-electron chi connectivity index (χ0n) is 16.7. The summed E-state index contributed by atoms with van der Waals surface area (Å²) in [5, 5.41) is 0.701. The van der Waals surface area contributed by atoms with E-state index in [1.807, 2.05) is 31.2 Å². The first-order valence-electron chi connectivity index (χ1n) is 9.43. The van der Waals surface area contributed by atoms with Crippen LogP contribution in [0.2, 0.25) is 0 Å². The zero-order valence-corrected chi connectivity index (χ0v) is 16.7. The molecule has 8 heteroatoms. The van der Waals surface area contributed by atoms with Crippen LogP contribution in [0.4, 0.5) is 5.82 Å². The number of hydrogen-bond donors (Lipinski definition) is 1. The fraction of sp³-hybridized carbons (Fsp3) is 0.333. The second-order valence-corrected chi connectivity index (χ2v) is 7.03. The molecule has 1 fully saturated rings. The third-order valence-corrected chi connectivity index (χ3v) is 5.05. The van der Waals surface area contributed by atoms with Gasteiger partial charge in [0, 0.05) is 6.54 Å². The van der Waals surface area contributed by atoms with E-state index < -0.39 is 0 Å². The number of nitrogens with zero attached hydrogens (tertiary/aromatic N) is 4. The van der Waals surface area contributed by atoms with Crippen LogP contribution in [0.5, 0.6) is 5.75 Å². The predicted octanol–water partition coefficient (Wildman–Crippen LogP) is 2.45. The molecule has 8 nitrogen and oxygen atoms in total. The van der Waals surface area contributed by atoms with E-state index in [4.69, 9.17) is 15.2 Å². The molecule has 1 aliphatic heterocycles. The van der Waals surface area contributed by atoms with Crippen LogP contribution in [-0.2, 0) is 4.74 Å². The number of benzene rings is 1. The van der Waals surface area contributed by atoms with Crippen LogP contribution >= 0.6 is 0 Å². The number of aryl methyl sites for hydroxylation is 2. The number of morpholine rings is 1.